The molecule has 12 nitrogen and oxygen atoms in total. The van der Waals surface area contributed by atoms with Crippen LogP contribution in [0.4, 0.5) is 5.69 Å². The first kappa shape index (κ1) is 29.8. The van der Waals surface area contributed by atoms with Gasteiger partial charge in [0.15, 0.2) is 11.4 Å². The minimum Gasteiger partial charge on any atom is -0.511 e. The number of carbonyl (C=O) groups is 4. The number of aromatic hydroxyl groups is 1. The summed E-state index contributed by atoms with van der Waals surface area (Å²) < 4.78 is 4.71. The van der Waals surface area contributed by atoms with Crippen LogP contribution in [0.25, 0.3) is 0 Å². The fourth-order valence-electron chi connectivity index (χ4n) is 6.47. The molecule has 7 N–H and O–H groups in total. The molecule has 0 heterocycles. The topological polar surface area (TPSA) is 200 Å². The van der Waals surface area contributed by atoms with E-state index in [2.05, 4.69) is 5.32 Å². The average Bonchev–Trinajstić information content (AvgIpc) is 2.95. The molecule has 0 saturated heterocycles. The number of ether oxygens (including phenoxy) is 1. The SMILES string of the molecule is COC(=O)c1ccc(CNCc2cc(N(C)C)c3c(c2O)C(=O)C2=C(O)[C@]4(O)C(=O)C(C(N)=O)=C(O)C[C@@H]4C[C@@H]2C3)cc1. The van der Waals surface area contributed by atoms with Crippen molar-refractivity contribution in [1.29, 1.82) is 0 Å². The van der Waals surface area contributed by atoms with Crippen molar-refractivity contribution in [2.24, 2.45) is 17.6 Å². The summed E-state index contributed by atoms with van der Waals surface area (Å²) in [4.78, 5) is 52.5. The highest BCUT2D eigenvalue weighted by Gasteiger charge is 2.59. The summed E-state index contributed by atoms with van der Waals surface area (Å²) in [6.45, 7) is 0.549. The minimum atomic E-state index is -2.61. The van der Waals surface area contributed by atoms with Gasteiger partial charge in [0.2, 0.25) is 5.78 Å². The van der Waals surface area contributed by atoms with Crippen LogP contribution < -0.4 is 16.0 Å². The number of hydrogen-bond donors (Lipinski definition) is 6. The standard InChI is InChI=1S/C31H33N3O9/c1-34(2)20-10-17(13-33-12-14-4-6-15(7-5-14)30(41)43-3)25(36)23-19(20)9-16-8-18-11-21(35)24(29(32)40)28(39)31(18,42)27(38)22(16)26(23)37/h4-7,10,16,18,33,35-36,38,42H,8-9,11-13H2,1-3H3,(H2,32,40)/t16-,18+,31+/m1/s1. The van der Waals surface area contributed by atoms with Gasteiger partial charge in [-0.2, -0.15) is 0 Å². The highest BCUT2D eigenvalue weighted by molar-refractivity contribution is 6.24. The molecule has 2 aromatic rings. The second kappa shape index (κ2) is 10.9. The Hall–Kier alpha value is -4.68. The summed E-state index contributed by atoms with van der Waals surface area (Å²) in [6, 6.07) is 8.59. The number of rotatable bonds is 7. The van der Waals surface area contributed by atoms with Crippen molar-refractivity contribution < 1.29 is 44.3 Å². The quantitative estimate of drug-likeness (QED) is 0.202. The first-order valence-corrected chi connectivity index (χ1v) is 13.7. The van der Waals surface area contributed by atoms with Crippen LogP contribution in [0.3, 0.4) is 0 Å². The van der Waals surface area contributed by atoms with E-state index < -0.39 is 58.0 Å². The van der Waals surface area contributed by atoms with Crippen LogP contribution in [0.1, 0.15) is 50.2 Å². The van der Waals surface area contributed by atoms with Crippen LogP contribution in [0.5, 0.6) is 5.75 Å². The number of Topliss-reactive ketones (excluding diaryl/α,β-unsaturated/α-hetero) is 2. The number of phenols is 1. The highest BCUT2D eigenvalue weighted by atomic mass is 16.5. The lowest BCUT2D eigenvalue weighted by molar-refractivity contribution is -0.144. The number of amides is 1. The summed E-state index contributed by atoms with van der Waals surface area (Å²) >= 11 is 0. The van der Waals surface area contributed by atoms with E-state index in [0.29, 0.717) is 28.9 Å². The third kappa shape index (κ3) is 4.72. The van der Waals surface area contributed by atoms with Crippen LogP contribution in [0, 0.1) is 11.8 Å². The summed E-state index contributed by atoms with van der Waals surface area (Å²) in [5.41, 5.74) is 4.52. The molecule has 1 amide bonds. The van der Waals surface area contributed by atoms with Gasteiger partial charge in [-0.3, -0.25) is 14.4 Å². The van der Waals surface area contributed by atoms with Crippen LogP contribution >= 0.6 is 0 Å². The number of primary amides is 1. The number of carbonyl (C=O) groups excluding carboxylic acids is 4. The van der Waals surface area contributed by atoms with Gasteiger partial charge < -0.3 is 41.1 Å². The second-order valence-corrected chi connectivity index (χ2v) is 11.4. The van der Waals surface area contributed by atoms with Crippen molar-refractivity contribution in [3.05, 3.63) is 80.8 Å². The number of hydrogen-bond acceptors (Lipinski definition) is 11. The molecule has 0 saturated carbocycles. The summed E-state index contributed by atoms with van der Waals surface area (Å²) in [5, 5.41) is 47.6. The van der Waals surface area contributed by atoms with Crippen molar-refractivity contribution in [2.75, 3.05) is 26.1 Å². The van der Waals surface area contributed by atoms with E-state index in [4.69, 9.17) is 10.5 Å². The number of ketones is 2. The monoisotopic (exact) mass is 591 g/mol. The number of anilines is 1. The van der Waals surface area contributed by atoms with Crippen LogP contribution in [0.2, 0.25) is 0 Å². The molecule has 226 valence electrons. The number of aliphatic hydroxyl groups is 3. The Balaban J connectivity index is 1.49. The van der Waals surface area contributed by atoms with Gasteiger partial charge >= 0.3 is 5.97 Å². The first-order chi connectivity index (χ1) is 20.3. The molecule has 0 fully saturated rings. The van der Waals surface area contributed by atoms with E-state index in [-0.39, 0.29) is 42.7 Å². The van der Waals surface area contributed by atoms with E-state index in [1.807, 2.05) is 4.90 Å². The predicted molar refractivity (Wildman–Crippen MR) is 153 cm³/mol. The Kier molecular flexibility index (Phi) is 7.53. The fourth-order valence-corrected chi connectivity index (χ4v) is 6.47. The zero-order valence-electron chi connectivity index (χ0n) is 23.9. The van der Waals surface area contributed by atoms with E-state index >= 15 is 0 Å². The molecule has 0 aliphatic heterocycles. The van der Waals surface area contributed by atoms with E-state index in [9.17, 15) is 39.6 Å². The molecule has 0 aromatic heterocycles. The average molecular weight is 592 g/mol. The minimum absolute atomic E-state index is 0.0398. The summed E-state index contributed by atoms with van der Waals surface area (Å²) in [6.07, 6.45) is 0.00154. The number of allylic oxidation sites excluding steroid dienone is 2. The van der Waals surface area contributed by atoms with Crippen molar-refractivity contribution >= 4 is 29.1 Å². The largest absolute Gasteiger partial charge is 0.511 e. The number of benzene rings is 2. The maximum Gasteiger partial charge on any atom is 0.337 e. The molecule has 0 unspecified atom stereocenters. The Morgan fingerprint density at radius 1 is 1.09 bits per heavy atom. The molecule has 12 heteroatoms. The Labute approximate surface area is 247 Å². The smallest absolute Gasteiger partial charge is 0.337 e. The van der Waals surface area contributed by atoms with Crippen LogP contribution in [-0.4, -0.2) is 70.7 Å². The van der Waals surface area contributed by atoms with E-state index in [0.717, 1.165) is 5.56 Å². The maximum atomic E-state index is 14.0. The zero-order chi connectivity index (χ0) is 31.4. The van der Waals surface area contributed by atoms with Crippen LogP contribution in [0.15, 0.2) is 53.0 Å². The number of methoxy groups -OCH3 is 1. The Bertz CT molecular complexity index is 1620. The molecule has 0 radical (unpaired) electrons. The number of nitrogens with zero attached hydrogens (tertiary/aromatic N) is 1. The highest BCUT2D eigenvalue weighted by Crippen LogP contribution is 2.52. The number of nitrogens with one attached hydrogen (secondary N) is 1. The molecular formula is C31H33N3O9. The van der Waals surface area contributed by atoms with E-state index in [1.165, 1.54) is 7.11 Å². The van der Waals surface area contributed by atoms with Gasteiger partial charge in [-0.1, -0.05) is 12.1 Å². The van der Waals surface area contributed by atoms with Crippen LogP contribution in [-0.2, 0) is 33.8 Å². The number of phenolic OH excluding ortho intramolecular Hbond substituents is 1. The lowest BCUT2D eigenvalue weighted by Crippen LogP contribution is -2.57. The van der Waals surface area contributed by atoms with Gasteiger partial charge in [0.1, 0.15) is 22.8 Å². The first-order valence-electron chi connectivity index (χ1n) is 13.7. The number of fused-ring (bicyclic) bond motifs is 3. The fraction of sp³-hybridized carbons (Fsp3) is 0.355. The number of nitrogens with two attached hydrogens (primary N) is 1. The van der Waals surface area contributed by atoms with Gasteiger partial charge in [-0.25, -0.2) is 4.79 Å². The predicted octanol–water partition coefficient (Wildman–Crippen LogP) is 1.72. The van der Waals surface area contributed by atoms with Gasteiger partial charge in [0, 0.05) is 56.3 Å². The molecule has 3 aliphatic carbocycles. The molecule has 2 aromatic carbocycles. The van der Waals surface area contributed by atoms with Crippen molar-refractivity contribution in [3.63, 3.8) is 0 Å². The lowest BCUT2D eigenvalue weighted by Gasteiger charge is -2.46. The maximum absolute atomic E-state index is 14.0. The van der Waals surface area contributed by atoms with Gasteiger partial charge in [-0.05, 0) is 48.1 Å². The molecule has 3 atom stereocenters. The van der Waals surface area contributed by atoms with Crippen molar-refractivity contribution in [2.45, 2.75) is 38.0 Å². The van der Waals surface area contributed by atoms with Gasteiger partial charge in [0.25, 0.3) is 5.91 Å². The van der Waals surface area contributed by atoms with Gasteiger partial charge in [-0.15, -0.1) is 0 Å². The molecular weight excluding hydrogens is 558 g/mol. The normalized spacial score (nSPS) is 23.0. The summed E-state index contributed by atoms with van der Waals surface area (Å²) in [7, 11) is 4.90. The van der Waals surface area contributed by atoms with E-state index in [1.54, 1.807) is 44.4 Å². The second-order valence-electron chi connectivity index (χ2n) is 11.4. The van der Waals surface area contributed by atoms with Crippen molar-refractivity contribution in [1.82, 2.24) is 5.32 Å². The zero-order valence-corrected chi connectivity index (χ0v) is 23.9. The summed E-state index contributed by atoms with van der Waals surface area (Å²) in [5.74, 6) is -7.03. The van der Waals surface area contributed by atoms with Gasteiger partial charge in [0.05, 0.1) is 18.2 Å². The van der Waals surface area contributed by atoms with Crippen molar-refractivity contribution in [3.8, 4) is 5.75 Å². The number of aliphatic hydroxyl groups excluding tert-OH is 2. The Morgan fingerprint density at radius 3 is 2.37 bits per heavy atom. The molecule has 0 spiro atoms. The lowest BCUT2D eigenvalue weighted by atomic mass is 9.60. The molecule has 43 heavy (non-hydrogen) atoms. The third-order valence-electron chi connectivity index (χ3n) is 8.62. The molecule has 5 rings (SSSR count). The third-order valence-corrected chi connectivity index (χ3v) is 8.62. The molecule has 0 bridgehead atoms. The molecule has 3 aliphatic rings. The Morgan fingerprint density at radius 2 is 1.77 bits per heavy atom. The number of esters is 1.